The zero-order valence-electron chi connectivity index (χ0n) is 13.4. The number of rotatable bonds is 3. The van der Waals surface area contributed by atoms with Crippen molar-refractivity contribution in [3.8, 4) is 11.1 Å². The van der Waals surface area contributed by atoms with Gasteiger partial charge < -0.3 is 5.43 Å². The topological polar surface area (TPSA) is 15.3 Å². The molecule has 3 aromatic carbocycles. The first-order valence-corrected chi connectivity index (χ1v) is 8.05. The number of hydrogen-bond acceptors (Lipinski definition) is 2. The molecule has 0 bridgehead atoms. The Balaban J connectivity index is 1.77. The lowest BCUT2D eigenvalue weighted by Gasteiger charge is -2.29. The smallest absolute Gasteiger partial charge is 0.131 e. The van der Waals surface area contributed by atoms with E-state index in [9.17, 15) is 8.78 Å². The van der Waals surface area contributed by atoms with Crippen molar-refractivity contribution in [1.29, 1.82) is 0 Å². The molecule has 2 nitrogen and oxygen atoms in total. The highest BCUT2D eigenvalue weighted by atomic mass is 19.1. The van der Waals surface area contributed by atoms with E-state index in [4.69, 9.17) is 0 Å². The summed E-state index contributed by atoms with van der Waals surface area (Å²) < 4.78 is 27.5. The Morgan fingerprint density at radius 3 is 2.20 bits per heavy atom. The SMILES string of the molecule is Fc1ccc(C2C=CNN2c2ccccc2-c2ccccc2F)cc1. The van der Waals surface area contributed by atoms with Crippen LogP contribution in [-0.2, 0) is 0 Å². The first-order chi connectivity index (χ1) is 12.2. The van der Waals surface area contributed by atoms with E-state index >= 15 is 0 Å². The van der Waals surface area contributed by atoms with Crippen LogP contribution in [-0.4, -0.2) is 0 Å². The minimum absolute atomic E-state index is 0.103. The molecule has 0 radical (unpaired) electrons. The van der Waals surface area contributed by atoms with E-state index in [0.29, 0.717) is 5.56 Å². The molecule has 0 aliphatic carbocycles. The number of hydrogen-bond donors (Lipinski definition) is 1. The molecule has 1 N–H and O–H groups in total. The van der Waals surface area contributed by atoms with E-state index < -0.39 is 0 Å². The number of nitrogens with zero attached hydrogens (tertiary/aromatic N) is 1. The summed E-state index contributed by atoms with van der Waals surface area (Å²) in [7, 11) is 0. The van der Waals surface area contributed by atoms with Gasteiger partial charge in [0, 0.05) is 17.3 Å². The van der Waals surface area contributed by atoms with Gasteiger partial charge in [-0.05, 0) is 35.9 Å². The lowest BCUT2D eigenvalue weighted by atomic mass is 10.0. The molecule has 4 rings (SSSR count). The number of nitrogens with one attached hydrogen (secondary N) is 1. The Labute approximate surface area is 145 Å². The van der Waals surface area contributed by atoms with Crippen molar-refractivity contribution in [3.63, 3.8) is 0 Å². The van der Waals surface area contributed by atoms with E-state index in [1.54, 1.807) is 24.3 Å². The highest BCUT2D eigenvalue weighted by Gasteiger charge is 2.24. The van der Waals surface area contributed by atoms with Gasteiger partial charge in [0.1, 0.15) is 11.6 Å². The standard InChI is InChI=1S/C21H16F2N2/c22-16-11-9-15(10-12-16)20-13-14-24-25(20)21-8-4-2-6-18(21)17-5-1-3-7-19(17)23/h1-14,20,24H. The molecule has 1 unspecified atom stereocenters. The molecule has 4 heteroatoms. The third kappa shape index (κ3) is 2.87. The maximum absolute atomic E-state index is 14.3. The molecule has 0 fully saturated rings. The second kappa shape index (κ2) is 6.40. The van der Waals surface area contributed by atoms with Crippen LogP contribution in [0.15, 0.2) is 85.1 Å². The van der Waals surface area contributed by atoms with E-state index in [-0.39, 0.29) is 17.7 Å². The average Bonchev–Trinajstić information content (AvgIpc) is 3.12. The lowest BCUT2D eigenvalue weighted by molar-refractivity contribution is 0.625. The summed E-state index contributed by atoms with van der Waals surface area (Å²) in [6, 6.07) is 20.7. The fourth-order valence-electron chi connectivity index (χ4n) is 3.11. The summed E-state index contributed by atoms with van der Waals surface area (Å²) >= 11 is 0. The third-order valence-electron chi connectivity index (χ3n) is 4.31. The van der Waals surface area contributed by atoms with Crippen LogP contribution in [0.5, 0.6) is 0 Å². The molecule has 1 atom stereocenters. The van der Waals surface area contributed by atoms with Gasteiger partial charge in [0.25, 0.3) is 0 Å². The summed E-state index contributed by atoms with van der Waals surface area (Å²) in [4.78, 5) is 0. The molecule has 0 saturated carbocycles. The Hall–Kier alpha value is -3.14. The predicted molar refractivity (Wildman–Crippen MR) is 95.7 cm³/mol. The van der Waals surface area contributed by atoms with E-state index in [2.05, 4.69) is 5.43 Å². The van der Waals surface area contributed by atoms with Gasteiger partial charge in [-0.25, -0.2) is 8.78 Å². The monoisotopic (exact) mass is 334 g/mol. The van der Waals surface area contributed by atoms with Gasteiger partial charge in [0.15, 0.2) is 0 Å². The van der Waals surface area contributed by atoms with E-state index in [1.807, 2.05) is 47.6 Å². The summed E-state index contributed by atoms with van der Waals surface area (Å²) in [5, 5.41) is 1.95. The second-order valence-electron chi connectivity index (χ2n) is 5.85. The van der Waals surface area contributed by atoms with Gasteiger partial charge in [-0.15, -0.1) is 0 Å². The second-order valence-corrected chi connectivity index (χ2v) is 5.85. The van der Waals surface area contributed by atoms with Crippen LogP contribution in [0.25, 0.3) is 11.1 Å². The Morgan fingerprint density at radius 1 is 0.760 bits per heavy atom. The van der Waals surface area contributed by atoms with Crippen molar-refractivity contribution in [3.05, 3.63) is 102 Å². The quantitative estimate of drug-likeness (QED) is 0.707. The van der Waals surface area contributed by atoms with Crippen molar-refractivity contribution in [1.82, 2.24) is 5.43 Å². The van der Waals surface area contributed by atoms with Crippen LogP contribution in [0.4, 0.5) is 14.5 Å². The molecule has 1 aliphatic rings. The number of para-hydroxylation sites is 1. The molecule has 1 aliphatic heterocycles. The molecule has 124 valence electrons. The van der Waals surface area contributed by atoms with Crippen molar-refractivity contribution >= 4 is 5.69 Å². The average molecular weight is 334 g/mol. The minimum atomic E-state index is -0.267. The molecule has 3 aromatic rings. The zero-order chi connectivity index (χ0) is 17.2. The van der Waals surface area contributed by atoms with Gasteiger partial charge in [-0.1, -0.05) is 48.5 Å². The van der Waals surface area contributed by atoms with Crippen molar-refractivity contribution in [2.75, 3.05) is 5.01 Å². The largest absolute Gasteiger partial charge is 0.305 e. The van der Waals surface area contributed by atoms with Crippen LogP contribution in [0.3, 0.4) is 0 Å². The molecule has 0 aromatic heterocycles. The summed E-state index contributed by atoms with van der Waals surface area (Å²) in [6.45, 7) is 0. The van der Waals surface area contributed by atoms with Crippen LogP contribution in [0.1, 0.15) is 11.6 Å². The van der Waals surface area contributed by atoms with Gasteiger partial charge in [0.2, 0.25) is 0 Å². The molecule has 1 heterocycles. The number of halogens is 2. The van der Waals surface area contributed by atoms with Crippen LogP contribution < -0.4 is 10.4 Å². The number of hydrazine groups is 1. The summed E-state index contributed by atoms with van der Waals surface area (Å²) in [6.07, 6.45) is 3.83. The van der Waals surface area contributed by atoms with Gasteiger partial charge in [-0.2, -0.15) is 0 Å². The summed E-state index contributed by atoms with van der Waals surface area (Å²) in [5.41, 5.74) is 6.35. The first-order valence-electron chi connectivity index (χ1n) is 8.05. The Kier molecular flexibility index (Phi) is 3.94. The fourth-order valence-corrected chi connectivity index (χ4v) is 3.11. The number of benzene rings is 3. The minimum Gasteiger partial charge on any atom is -0.305 e. The Bertz CT molecular complexity index is 919. The molecule has 0 saturated heterocycles. The maximum atomic E-state index is 14.3. The summed E-state index contributed by atoms with van der Waals surface area (Å²) in [5.74, 6) is -0.530. The molecular formula is C21H16F2N2. The molecular weight excluding hydrogens is 318 g/mol. The van der Waals surface area contributed by atoms with Crippen molar-refractivity contribution in [2.24, 2.45) is 0 Å². The van der Waals surface area contributed by atoms with Gasteiger partial charge in [0.05, 0.1) is 11.7 Å². The zero-order valence-corrected chi connectivity index (χ0v) is 13.4. The maximum Gasteiger partial charge on any atom is 0.131 e. The van der Waals surface area contributed by atoms with Crippen LogP contribution in [0.2, 0.25) is 0 Å². The highest BCUT2D eigenvalue weighted by molar-refractivity contribution is 5.79. The predicted octanol–water partition coefficient (Wildman–Crippen LogP) is 5.21. The van der Waals surface area contributed by atoms with E-state index in [0.717, 1.165) is 16.8 Å². The molecule has 0 amide bonds. The van der Waals surface area contributed by atoms with Crippen LogP contribution >= 0.6 is 0 Å². The molecule has 25 heavy (non-hydrogen) atoms. The first kappa shape index (κ1) is 15.4. The van der Waals surface area contributed by atoms with Crippen molar-refractivity contribution in [2.45, 2.75) is 6.04 Å². The Morgan fingerprint density at radius 2 is 1.44 bits per heavy atom. The van der Waals surface area contributed by atoms with Gasteiger partial charge >= 0.3 is 0 Å². The van der Waals surface area contributed by atoms with Crippen LogP contribution in [0, 0.1) is 11.6 Å². The van der Waals surface area contributed by atoms with Gasteiger partial charge in [-0.3, -0.25) is 5.01 Å². The molecule has 0 spiro atoms. The fraction of sp³-hybridized carbons (Fsp3) is 0.0476. The third-order valence-corrected chi connectivity index (χ3v) is 4.31. The lowest BCUT2D eigenvalue weighted by Crippen LogP contribution is -2.32. The highest BCUT2D eigenvalue weighted by Crippen LogP contribution is 2.37. The van der Waals surface area contributed by atoms with E-state index in [1.165, 1.54) is 18.2 Å². The normalized spacial score (nSPS) is 16.1. The van der Waals surface area contributed by atoms with Crippen molar-refractivity contribution < 1.29 is 8.78 Å². The number of anilines is 1.